The largest absolute Gasteiger partial charge is 0.390 e. The zero-order valence-electron chi connectivity index (χ0n) is 29.4. The van der Waals surface area contributed by atoms with Gasteiger partial charge in [-0.15, -0.1) is 0 Å². The summed E-state index contributed by atoms with van der Waals surface area (Å²) in [5, 5.41) is 22.0. The van der Waals surface area contributed by atoms with Gasteiger partial charge in [0.2, 0.25) is 17.8 Å². The van der Waals surface area contributed by atoms with E-state index < -0.39 is 11.5 Å². The van der Waals surface area contributed by atoms with Crippen molar-refractivity contribution in [3.63, 3.8) is 0 Å². The quantitative estimate of drug-likeness (QED) is 0.176. The summed E-state index contributed by atoms with van der Waals surface area (Å²) >= 11 is 6.57. The van der Waals surface area contributed by atoms with Gasteiger partial charge in [0, 0.05) is 51.2 Å². The van der Waals surface area contributed by atoms with Gasteiger partial charge < -0.3 is 15.3 Å². The standard InChI is InChI=1S/C37H42ClN9O4/c1-37(2,51)16-17-47-30-19-23(9-14-28(30)45(4)36(47)50)40-33-27(38)20-39-35(42-33)44(3)24-10-6-21(7-11-24)22-8-12-25-29(18-22)46(5)43-32(25)26-13-15-31(48)41-34(26)49/h6,8-9,12,14,18-20,24,26,51H,7,10-11,13,15-17H2,1-5H3,(H,39,40,42)(H,41,48,49). The molecule has 2 atom stereocenters. The normalized spacial score (nSPS) is 18.3. The molecule has 4 heterocycles. The number of amides is 2. The molecule has 2 aliphatic rings. The number of hydrogen-bond acceptors (Lipinski definition) is 9. The lowest BCUT2D eigenvalue weighted by Gasteiger charge is -2.31. The van der Waals surface area contributed by atoms with Crippen molar-refractivity contribution in [2.45, 2.75) is 76.5 Å². The van der Waals surface area contributed by atoms with E-state index in [0.29, 0.717) is 48.3 Å². The number of imide groups is 1. The highest BCUT2D eigenvalue weighted by molar-refractivity contribution is 6.33. The van der Waals surface area contributed by atoms with Gasteiger partial charge in [-0.05, 0) is 81.4 Å². The number of aliphatic hydroxyl groups is 1. The molecule has 0 spiro atoms. The maximum absolute atomic E-state index is 13.0. The van der Waals surface area contributed by atoms with Crippen molar-refractivity contribution in [1.82, 2.24) is 34.2 Å². The number of carbonyl (C=O) groups is 2. The van der Waals surface area contributed by atoms with Gasteiger partial charge in [0.05, 0.1) is 40.0 Å². The topological polar surface area (TPSA) is 152 Å². The number of imidazole rings is 1. The fourth-order valence-corrected chi connectivity index (χ4v) is 7.27. The van der Waals surface area contributed by atoms with Gasteiger partial charge in [-0.3, -0.25) is 28.7 Å². The number of benzene rings is 2. The number of carbonyl (C=O) groups excluding carboxylic acids is 2. The zero-order valence-corrected chi connectivity index (χ0v) is 30.2. The minimum atomic E-state index is -0.899. The van der Waals surface area contributed by atoms with Crippen LogP contribution in [0.1, 0.15) is 69.5 Å². The maximum atomic E-state index is 13.0. The van der Waals surface area contributed by atoms with Gasteiger partial charge in [0.1, 0.15) is 5.02 Å². The number of fused-ring (bicyclic) bond motifs is 2. The number of allylic oxidation sites excluding steroid dienone is 1. The van der Waals surface area contributed by atoms with Crippen LogP contribution in [0.15, 0.2) is 53.5 Å². The van der Waals surface area contributed by atoms with Crippen molar-refractivity contribution in [1.29, 1.82) is 0 Å². The Kier molecular flexibility index (Phi) is 8.96. The third kappa shape index (κ3) is 6.75. The average Bonchev–Trinajstić information content (AvgIpc) is 3.55. The lowest BCUT2D eigenvalue weighted by molar-refractivity contribution is -0.134. The van der Waals surface area contributed by atoms with Crippen LogP contribution in [-0.4, -0.2) is 64.5 Å². The van der Waals surface area contributed by atoms with Crippen molar-refractivity contribution in [3.8, 4) is 0 Å². The number of hydrogen-bond donors (Lipinski definition) is 3. The highest BCUT2D eigenvalue weighted by atomic mass is 35.5. The maximum Gasteiger partial charge on any atom is 0.328 e. The third-order valence-corrected chi connectivity index (χ3v) is 10.4. The van der Waals surface area contributed by atoms with Crippen LogP contribution in [0, 0.1) is 0 Å². The van der Waals surface area contributed by atoms with Gasteiger partial charge >= 0.3 is 5.69 Å². The van der Waals surface area contributed by atoms with E-state index in [2.05, 4.69) is 43.8 Å². The predicted molar refractivity (Wildman–Crippen MR) is 198 cm³/mol. The van der Waals surface area contributed by atoms with Crippen LogP contribution in [-0.2, 0) is 30.2 Å². The molecule has 14 heteroatoms. The van der Waals surface area contributed by atoms with Crippen molar-refractivity contribution >= 4 is 68.4 Å². The first kappa shape index (κ1) is 34.4. The van der Waals surface area contributed by atoms with E-state index in [1.807, 2.05) is 43.0 Å². The Morgan fingerprint density at radius 1 is 1.06 bits per heavy atom. The molecule has 13 nitrogen and oxygen atoms in total. The minimum Gasteiger partial charge on any atom is -0.390 e. The second-order valence-corrected chi connectivity index (χ2v) is 14.7. The monoisotopic (exact) mass is 711 g/mol. The SMILES string of the molecule is CN(c1ncc(Cl)c(Nc2ccc3c(c2)n(CCC(C)(C)O)c(=O)n3C)n1)C1CC=C(c2ccc3c(C4CCC(=O)NC4=O)nn(C)c3c2)CC1. The first-order valence-corrected chi connectivity index (χ1v) is 17.6. The molecular formula is C37H42ClN9O4. The highest BCUT2D eigenvalue weighted by Crippen LogP contribution is 2.35. The van der Waals surface area contributed by atoms with Gasteiger partial charge in [-0.1, -0.05) is 29.8 Å². The number of aromatic nitrogens is 6. The molecule has 1 aliphatic carbocycles. The zero-order chi connectivity index (χ0) is 36.2. The summed E-state index contributed by atoms with van der Waals surface area (Å²) in [6.07, 6.45) is 7.64. The fourth-order valence-electron chi connectivity index (χ4n) is 7.14. The molecule has 1 aliphatic heterocycles. The molecule has 2 unspecified atom stereocenters. The van der Waals surface area contributed by atoms with Gasteiger partial charge in [-0.25, -0.2) is 9.78 Å². The summed E-state index contributed by atoms with van der Waals surface area (Å²) in [5.74, 6) is 0.0517. The van der Waals surface area contributed by atoms with Crippen LogP contribution in [0.25, 0.3) is 27.5 Å². The third-order valence-electron chi connectivity index (χ3n) is 10.2. The Morgan fingerprint density at radius 2 is 1.86 bits per heavy atom. The van der Waals surface area contributed by atoms with Crippen LogP contribution in [0.2, 0.25) is 5.02 Å². The van der Waals surface area contributed by atoms with Crippen LogP contribution in [0.5, 0.6) is 0 Å². The van der Waals surface area contributed by atoms with Crippen LogP contribution in [0.3, 0.4) is 0 Å². The molecule has 2 amide bonds. The number of anilines is 3. The summed E-state index contributed by atoms with van der Waals surface area (Å²) in [5.41, 5.74) is 5.26. The summed E-state index contributed by atoms with van der Waals surface area (Å²) in [7, 11) is 5.62. The van der Waals surface area contributed by atoms with Gasteiger partial charge in [0.15, 0.2) is 5.82 Å². The van der Waals surface area contributed by atoms with Crippen LogP contribution in [0.4, 0.5) is 17.5 Å². The lowest BCUT2D eigenvalue weighted by atomic mass is 9.89. The smallest absolute Gasteiger partial charge is 0.328 e. The van der Waals surface area contributed by atoms with E-state index >= 15 is 0 Å². The number of halogens is 1. The molecule has 0 radical (unpaired) electrons. The Labute approximate surface area is 299 Å². The fraction of sp³-hybridized carbons (Fsp3) is 0.405. The van der Waals surface area contributed by atoms with Crippen molar-refractivity contribution in [2.75, 3.05) is 17.3 Å². The Bertz CT molecular complexity index is 2280. The first-order chi connectivity index (χ1) is 24.3. The molecule has 2 aromatic carbocycles. The molecule has 1 fully saturated rings. The summed E-state index contributed by atoms with van der Waals surface area (Å²) < 4.78 is 5.10. The second-order valence-electron chi connectivity index (χ2n) is 14.3. The van der Waals surface area contributed by atoms with Gasteiger partial charge in [-0.2, -0.15) is 10.1 Å². The van der Waals surface area contributed by atoms with E-state index in [1.165, 1.54) is 5.57 Å². The molecule has 1 saturated heterocycles. The molecular weight excluding hydrogens is 670 g/mol. The van der Waals surface area contributed by atoms with Gasteiger partial charge in [0.25, 0.3) is 0 Å². The van der Waals surface area contributed by atoms with Crippen LogP contribution >= 0.6 is 11.6 Å². The molecule has 5 aromatic rings. The second kappa shape index (κ2) is 13.3. The molecule has 3 aromatic heterocycles. The predicted octanol–water partition coefficient (Wildman–Crippen LogP) is 5.17. The number of nitrogens with one attached hydrogen (secondary N) is 2. The Balaban J connectivity index is 1.07. The lowest BCUT2D eigenvalue weighted by Crippen LogP contribution is -2.39. The van der Waals surface area contributed by atoms with Crippen molar-refractivity contribution in [3.05, 3.63) is 75.4 Å². The highest BCUT2D eigenvalue weighted by Gasteiger charge is 2.32. The molecule has 266 valence electrons. The van der Waals surface area contributed by atoms with E-state index in [-0.39, 0.29) is 23.5 Å². The molecule has 7 rings (SSSR count). The van der Waals surface area contributed by atoms with Crippen molar-refractivity contribution in [2.24, 2.45) is 14.1 Å². The number of aryl methyl sites for hydroxylation is 3. The van der Waals surface area contributed by atoms with E-state index in [9.17, 15) is 19.5 Å². The Hall–Kier alpha value is -5.01. The van der Waals surface area contributed by atoms with E-state index in [4.69, 9.17) is 16.6 Å². The van der Waals surface area contributed by atoms with Crippen LogP contribution < -0.4 is 21.2 Å². The molecule has 3 N–H and O–H groups in total. The van der Waals surface area contributed by atoms with Crippen molar-refractivity contribution < 1.29 is 14.7 Å². The summed E-state index contributed by atoms with van der Waals surface area (Å²) in [6.45, 7) is 3.85. The van der Waals surface area contributed by atoms with E-state index in [0.717, 1.165) is 52.4 Å². The summed E-state index contributed by atoms with van der Waals surface area (Å²) in [6, 6.07) is 12.1. The minimum absolute atomic E-state index is 0.142. The number of piperidine rings is 1. The molecule has 0 bridgehead atoms. The van der Waals surface area contributed by atoms with E-state index in [1.54, 1.807) is 36.2 Å². The molecule has 0 saturated carbocycles. The number of rotatable bonds is 9. The molecule has 51 heavy (non-hydrogen) atoms. The first-order valence-electron chi connectivity index (χ1n) is 17.2. The average molecular weight is 712 g/mol. The Morgan fingerprint density at radius 3 is 2.59 bits per heavy atom. The number of nitrogens with zero attached hydrogens (tertiary/aromatic N) is 7. The summed E-state index contributed by atoms with van der Waals surface area (Å²) in [4.78, 5) is 48.6.